The third-order valence-corrected chi connectivity index (χ3v) is 19.3. The van der Waals surface area contributed by atoms with Crippen LogP contribution in [0, 0.1) is 5.82 Å². The highest BCUT2D eigenvalue weighted by molar-refractivity contribution is 7.88. The molecular formula is C39H56FN3O7SSi2. The summed E-state index contributed by atoms with van der Waals surface area (Å²) in [6.07, 6.45) is 4.70. The van der Waals surface area contributed by atoms with Gasteiger partial charge in [0, 0.05) is 44.5 Å². The molecule has 7 rings (SSSR count). The first-order valence-electron chi connectivity index (χ1n) is 18.9. The molecule has 1 aromatic carbocycles. The first-order valence-corrected chi connectivity index (χ1v) is 27.4. The molecule has 0 N–H and O–H groups in total. The Balaban J connectivity index is 1.13. The molecule has 0 radical (unpaired) electrons. The first kappa shape index (κ1) is 38.8. The van der Waals surface area contributed by atoms with Crippen molar-refractivity contribution in [3.63, 3.8) is 0 Å². The predicted octanol–water partition coefficient (Wildman–Crippen LogP) is 7.67. The lowest BCUT2D eigenvalue weighted by Gasteiger charge is -2.39. The summed E-state index contributed by atoms with van der Waals surface area (Å²) in [5, 5.41) is 0.0655. The highest BCUT2D eigenvalue weighted by Gasteiger charge is 2.52. The van der Waals surface area contributed by atoms with Crippen molar-refractivity contribution in [1.82, 2.24) is 13.9 Å². The molecule has 6 atom stereocenters. The smallest absolute Gasteiger partial charge is 0.212 e. The van der Waals surface area contributed by atoms with Crippen LogP contribution in [0.1, 0.15) is 45.6 Å². The molecule has 4 aliphatic heterocycles. The van der Waals surface area contributed by atoms with E-state index in [-0.39, 0.29) is 54.0 Å². The fourth-order valence-corrected chi connectivity index (χ4v) is 11.3. The second-order valence-electron chi connectivity index (χ2n) is 18.0. The largest absolute Gasteiger partial charge is 0.470 e. The minimum atomic E-state index is -3.27. The van der Waals surface area contributed by atoms with Crippen LogP contribution in [0.25, 0.3) is 27.9 Å². The van der Waals surface area contributed by atoms with Crippen molar-refractivity contribution in [2.75, 3.05) is 26.1 Å². The molecule has 0 saturated carbocycles. The molecule has 6 heterocycles. The van der Waals surface area contributed by atoms with E-state index in [2.05, 4.69) is 59.6 Å². The summed E-state index contributed by atoms with van der Waals surface area (Å²) in [5.41, 5.74) is 4.24. The molecule has 0 amide bonds. The summed E-state index contributed by atoms with van der Waals surface area (Å²) in [5.74, 6) is 0.0898. The van der Waals surface area contributed by atoms with Gasteiger partial charge in [-0.3, -0.25) is 4.57 Å². The van der Waals surface area contributed by atoms with Crippen molar-refractivity contribution in [3.05, 3.63) is 53.9 Å². The number of nitrogens with zero attached hydrogens (tertiary/aromatic N) is 3. The number of fused-ring (bicyclic) bond motifs is 4. The lowest BCUT2D eigenvalue weighted by Crippen LogP contribution is -2.47. The van der Waals surface area contributed by atoms with Crippen molar-refractivity contribution >= 4 is 43.0 Å². The molecule has 14 heteroatoms. The molecule has 2 bridgehead atoms. The van der Waals surface area contributed by atoms with Crippen LogP contribution in [0.15, 0.2) is 42.5 Å². The Hall–Kier alpha value is -2.44. The Morgan fingerprint density at radius 3 is 2.26 bits per heavy atom. The average molecular weight is 786 g/mol. The number of sulfonamides is 1. The maximum atomic E-state index is 16.0. The highest BCUT2D eigenvalue weighted by atomic mass is 32.2. The number of rotatable bonds is 12. The number of ether oxygens (including phenoxy) is 4. The van der Waals surface area contributed by atoms with Crippen LogP contribution in [0.2, 0.25) is 43.8 Å². The van der Waals surface area contributed by atoms with E-state index in [1.165, 1.54) is 12.3 Å². The molecule has 2 aromatic heterocycles. The first-order chi connectivity index (χ1) is 24.8. The zero-order valence-corrected chi connectivity index (χ0v) is 35.5. The van der Waals surface area contributed by atoms with Gasteiger partial charge in [0.25, 0.3) is 0 Å². The quantitative estimate of drug-likeness (QED) is 0.136. The van der Waals surface area contributed by atoms with Gasteiger partial charge in [0.15, 0.2) is 26.1 Å². The van der Waals surface area contributed by atoms with E-state index < -0.39 is 32.2 Å². The maximum absolute atomic E-state index is 16.0. The Kier molecular flexibility index (Phi) is 10.4. The predicted molar refractivity (Wildman–Crippen MR) is 211 cm³/mol. The zero-order chi connectivity index (χ0) is 38.1. The van der Waals surface area contributed by atoms with Gasteiger partial charge in [-0.15, -0.1) is 0 Å². The number of aromatic nitrogens is 2. The molecular weight excluding hydrogens is 730 g/mol. The minimum absolute atomic E-state index is 0.0184. The van der Waals surface area contributed by atoms with Gasteiger partial charge >= 0.3 is 0 Å². The van der Waals surface area contributed by atoms with Gasteiger partial charge in [0.2, 0.25) is 10.0 Å². The number of hydrogen-bond acceptors (Lipinski definition) is 8. The molecule has 53 heavy (non-hydrogen) atoms. The SMILES string of the molecule is CC(C)(C)[Si](C)(C)OC1CO[C@H]2[C@@H]1OC[C@H]2Oc1cc2nc(-c3ccc(C4=CC5CCC(C4)N5S(C)(=O)=O)cc3)c(F)cc2n1COCC[Si](C)(C)C. The summed E-state index contributed by atoms with van der Waals surface area (Å²) < 4.78 is 76.4. The van der Waals surface area contributed by atoms with Gasteiger partial charge in [-0.05, 0) is 54.6 Å². The zero-order valence-electron chi connectivity index (χ0n) is 32.6. The summed E-state index contributed by atoms with van der Waals surface area (Å²) in [4.78, 5) is 4.83. The van der Waals surface area contributed by atoms with Crippen molar-refractivity contribution < 1.29 is 36.2 Å². The van der Waals surface area contributed by atoms with E-state index in [1.807, 2.05) is 34.9 Å². The van der Waals surface area contributed by atoms with E-state index >= 15 is 4.39 Å². The fraction of sp³-hybridized carbons (Fsp3) is 0.615. The van der Waals surface area contributed by atoms with E-state index in [0.717, 1.165) is 30.0 Å². The molecule has 10 nitrogen and oxygen atoms in total. The van der Waals surface area contributed by atoms with Gasteiger partial charge in [-0.25, -0.2) is 17.8 Å². The van der Waals surface area contributed by atoms with E-state index in [9.17, 15) is 8.42 Å². The van der Waals surface area contributed by atoms with Crippen LogP contribution in [-0.2, 0) is 35.4 Å². The maximum Gasteiger partial charge on any atom is 0.212 e. The van der Waals surface area contributed by atoms with Crippen LogP contribution in [0.4, 0.5) is 4.39 Å². The van der Waals surface area contributed by atoms with Crippen LogP contribution < -0.4 is 4.74 Å². The van der Waals surface area contributed by atoms with E-state index in [1.54, 1.807) is 4.31 Å². The minimum Gasteiger partial charge on any atom is -0.470 e. The topological polar surface area (TPSA) is 101 Å². The molecule has 4 aliphatic rings. The molecule has 3 fully saturated rings. The van der Waals surface area contributed by atoms with Crippen LogP contribution >= 0.6 is 0 Å². The standard InChI is InChI=1S/C39H56FN3O7SSi2/c1-39(2,3)53(8,9)50-34-23-48-37-33(22-47-38(34)37)49-35-21-31-32(42(35)24-46-16-17-52(5,6)7)20-30(40)36(41-31)26-12-10-25(11-13-26)27-18-28-14-15-29(19-27)43(28)51(4,44)45/h10-13,18,20-21,28-29,33-34,37-38H,14-17,19,22-24H2,1-9H3/t28?,29?,33-,34?,37-,38-/m1/s1. The second kappa shape index (κ2) is 14.3. The summed E-state index contributed by atoms with van der Waals surface area (Å²) in [6, 6.07) is 12.0. The van der Waals surface area contributed by atoms with Gasteiger partial charge in [-0.1, -0.05) is 70.8 Å². The normalized spacial score (nSPS) is 26.7. The van der Waals surface area contributed by atoms with Gasteiger partial charge < -0.3 is 23.4 Å². The van der Waals surface area contributed by atoms with Gasteiger partial charge in [0.05, 0.1) is 36.6 Å². The number of pyridine rings is 1. The van der Waals surface area contributed by atoms with E-state index in [0.29, 0.717) is 48.7 Å². The van der Waals surface area contributed by atoms with Crippen LogP contribution in [0.5, 0.6) is 5.88 Å². The average Bonchev–Trinajstić information content (AvgIpc) is 3.80. The molecule has 290 valence electrons. The summed E-state index contributed by atoms with van der Waals surface area (Å²) in [7, 11) is -6.62. The highest BCUT2D eigenvalue weighted by Crippen LogP contribution is 2.42. The summed E-state index contributed by atoms with van der Waals surface area (Å²) in [6.45, 7) is 19.7. The Labute approximate surface area is 316 Å². The van der Waals surface area contributed by atoms with Crippen LogP contribution in [-0.4, -0.2) is 101 Å². The van der Waals surface area contributed by atoms with Crippen molar-refractivity contribution in [2.45, 2.75) is 127 Å². The lowest BCUT2D eigenvalue weighted by molar-refractivity contribution is 0.00859. The molecule has 3 aromatic rings. The Morgan fingerprint density at radius 1 is 0.962 bits per heavy atom. The molecule has 0 aliphatic carbocycles. The third kappa shape index (κ3) is 7.98. The molecule has 3 unspecified atom stereocenters. The fourth-order valence-electron chi connectivity index (χ4n) is 7.80. The van der Waals surface area contributed by atoms with Gasteiger partial charge in [-0.2, -0.15) is 4.31 Å². The van der Waals surface area contributed by atoms with Crippen molar-refractivity contribution in [3.8, 4) is 17.1 Å². The van der Waals surface area contributed by atoms with E-state index in [4.69, 9.17) is 28.4 Å². The number of hydrogen-bond donors (Lipinski definition) is 0. The monoisotopic (exact) mass is 785 g/mol. The van der Waals surface area contributed by atoms with Gasteiger partial charge in [0.1, 0.15) is 24.6 Å². The van der Waals surface area contributed by atoms with Crippen LogP contribution in [0.3, 0.4) is 0 Å². The number of halogens is 1. The Bertz CT molecular complexity index is 1970. The molecule has 3 saturated heterocycles. The van der Waals surface area contributed by atoms with Crippen molar-refractivity contribution in [2.24, 2.45) is 0 Å². The van der Waals surface area contributed by atoms with Crippen molar-refractivity contribution in [1.29, 1.82) is 0 Å². The lowest BCUT2D eigenvalue weighted by atomic mass is 9.95. The second-order valence-corrected chi connectivity index (χ2v) is 30.3. The Morgan fingerprint density at radius 2 is 1.62 bits per heavy atom. The third-order valence-electron chi connectivity index (χ3n) is 11.7. The molecule has 0 spiro atoms. The number of benzene rings is 1. The summed E-state index contributed by atoms with van der Waals surface area (Å²) >= 11 is 0.